The van der Waals surface area contributed by atoms with E-state index in [2.05, 4.69) is 48.5 Å². The van der Waals surface area contributed by atoms with E-state index < -0.39 is 18.3 Å². The lowest BCUT2D eigenvalue weighted by Crippen LogP contribution is -2.41. The van der Waals surface area contributed by atoms with Crippen molar-refractivity contribution in [2.75, 3.05) is 6.61 Å². The van der Waals surface area contributed by atoms with Gasteiger partial charge >= 0.3 is 7.12 Å². The second-order valence-corrected chi connectivity index (χ2v) is 8.91. The average molecular weight is 335 g/mol. The highest BCUT2D eigenvalue weighted by molar-refractivity contribution is 6.61. The minimum Gasteiger partial charge on any atom is -0.398 e. The Morgan fingerprint density at radius 2 is 1.67 bits per heavy atom. The Hall–Kier alpha value is -0.915. The molecule has 3 heterocycles. The molecule has 1 aromatic heterocycles. The first-order valence-electron chi connectivity index (χ1n) is 8.96. The highest BCUT2D eigenvalue weighted by Gasteiger charge is 2.54. The molecule has 24 heavy (non-hydrogen) atoms. The molecular weight excluding hydrogens is 305 g/mol. The van der Waals surface area contributed by atoms with Crippen LogP contribution in [0.2, 0.25) is 0 Å². The fourth-order valence-electron chi connectivity index (χ4n) is 3.02. The number of hydrogen-bond acceptors (Lipinski definition) is 5. The molecule has 0 radical (unpaired) electrons. The lowest BCUT2D eigenvalue weighted by Gasteiger charge is -2.32. The average Bonchev–Trinajstić information content (AvgIpc) is 2.99. The van der Waals surface area contributed by atoms with Crippen LogP contribution in [-0.4, -0.2) is 39.9 Å². The third-order valence-electron chi connectivity index (χ3n) is 5.26. The van der Waals surface area contributed by atoms with E-state index in [0.29, 0.717) is 0 Å². The summed E-state index contributed by atoms with van der Waals surface area (Å²) in [6, 6.07) is 0. The van der Waals surface area contributed by atoms with Crippen molar-refractivity contribution in [3.05, 3.63) is 5.69 Å². The molecule has 0 spiro atoms. The Labute approximate surface area is 145 Å². The van der Waals surface area contributed by atoms with E-state index >= 15 is 0 Å². The molecule has 2 aliphatic heterocycles. The van der Waals surface area contributed by atoms with Gasteiger partial charge in [-0.3, -0.25) is 0 Å². The molecule has 6 nitrogen and oxygen atoms in total. The van der Waals surface area contributed by atoms with Gasteiger partial charge in [-0.25, -0.2) is 0 Å². The standard InChI is InChI=1S/C17H30BN3O3/c1-15(2,3)13-14(18-23-16(4,5)17(6,7)24-18)20-21(19-13)12-10-8-9-11-22-12/h12H,8-11H2,1-7H3. The molecule has 0 saturated carbocycles. The molecule has 0 bridgehead atoms. The van der Waals surface area contributed by atoms with E-state index in [0.717, 1.165) is 37.2 Å². The van der Waals surface area contributed by atoms with E-state index in [1.165, 1.54) is 0 Å². The largest absolute Gasteiger partial charge is 0.518 e. The van der Waals surface area contributed by atoms with Crippen molar-refractivity contribution in [1.29, 1.82) is 0 Å². The van der Waals surface area contributed by atoms with Gasteiger partial charge in [0.2, 0.25) is 0 Å². The topological polar surface area (TPSA) is 58.4 Å². The van der Waals surface area contributed by atoms with Crippen molar-refractivity contribution < 1.29 is 14.0 Å². The van der Waals surface area contributed by atoms with Gasteiger partial charge in [0.25, 0.3) is 0 Å². The predicted octanol–water partition coefficient (Wildman–Crippen LogP) is 2.57. The first-order chi connectivity index (χ1) is 11.0. The maximum atomic E-state index is 6.21. The maximum absolute atomic E-state index is 6.21. The molecule has 3 rings (SSSR count). The summed E-state index contributed by atoms with van der Waals surface area (Å²) in [4.78, 5) is 1.72. The molecule has 0 amide bonds. The SMILES string of the molecule is CC(C)(C)c1nn(C2CCCCO2)nc1B1OC(C)(C)C(C)(C)O1. The summed E-state index contributed by atoms with van der Waals surface area (Å²) in [5, 5.41) is 9.51. The van der Waals surface area contributed by atoms with Gasteiger partial charge in [0.05, 0.1) is 16.9 Å². The van der Waals surface area contributed by atoms with E-state index in [1.807, 2.05) is 0 Å². The maximum Gasteiger partial charge on any atom is 0.518 e. The van der Waals surface area contributed by atoms with Crippen LogP contribution in [0.1, 0.15) is 79.7 Å². The van der Waals surface area contributed by atoms with Crippen LogP contribution in [0.4, 0.5) is 0 Å². The van der Waals surface area contributed by atoms with Gasteiger partial charge in [0.15, 0.2) is 6.23 Å². The molecular formula is C17H30BN3O3. The van der Waals surface area contributed by atoms with Crippen LogP contribution in [0.3, 0.4) is 0 Å². The monoisotopic (exact) mass is 335 g/mol. The molecule has 0 aliphatic carbocycles. The van der Waals surface area contributed by atoms with Crippen LogP contribution < -0.4 is 5.59 Å². The van der Waals surface area contributed by atoms with Crippen LogP contribution in [0.25, 0.3) is 0 Å². The van der Waals surface area contributed by atoms with Crippen molar-refractivity contribution in [2.45, 2.75) is 90.6 Å². The van der Waals surface area contributed by atoms with Gasteiger partial charge in [-0.15, -0.1) is 0 Å². The van der Waals surface area contributed by atoms with E-state index in [9.17, 15) is 0 Å². The predicted molar refractivity (Wildman–Crippen MR) is 93.3 cm³/mol. The van der Waals surface area contributed by atoms with Gasteiger partial charge < -0.3 is 14.0 Å². The third kappa shape index (κ3) is 3.14. The zero-order valence-corrected chi connectivity index (χ0v) is 16.0. The lowest BCUT2D eigenvalue weighted by molar-refractivity contribution is -0.0482. The highest BCUT2D eigenvalue weighted by Crippen LogP contribution is 2.37. The summed E-state index contributed by atoms with van der Waals surface area (Å²) in [6.07, 6.45) is 3.11. The molecule has 1 unspecified atom stereocenters. The van der Waals surface area contributed by atoms with Crippen LogP contribution in [0, 0.1) is 0 Å². The summed E-state index contributed by atoms with van der Waals surface area (Å²) < 4.78 is 18.3. The van der Waals surface area contributed by atoms with Gasteiger partial charge in [-0.1, -0.05) is 20.8 Å². The second-order valence-electron chi connectivity index (χ2n) is 8.91. The van der Waals surface area contributed by atoms with Gasteiger partial charge in [-0.05, 0) is 47.0 Å². The van der Waals surface area contributed by atoms with Crippen LogP contribution in [0.5, 0.6) is 0 Å². The highest BCUT2D eigenvalue weighted by atomic mass is 16.7. The molecule has 134 valence electrons. The Morgan fingerprint density at radius 1 is 1.04 bits per heavy atom. The first kappa shape index (κ1) is 17.9. The summed E-state index contributed by atoms with van der Waals surface area (Å²) in [6.45, 7) is 15.4. The van der Waals surface area contributed by atoms with Gasteiger partial charge in [-0.2, -0.15) is 15.0 Å². The van der Waals surface area contributed by atoms with Crippen molar-refractivity contribution in [1.82, 2.24) is 15.0 Å². The molecule has 2 saturated heterocycles. The summed E-state index contributed by atoms with van der Waals surface area (Å²) in [7, 11) is -0.499. The minimum atomic E-state index is -0.499. The summed E-state index contributed by atoms with van der Waals surface area (Å²) in [5.74, 6) is 0. The normalized spacial score (nSPS) is 26.8. The Morgan fingerprint density at radius 3 is 2.17 bits per heavy atom. The van der Waals surface area contributed by atoms with Crippen molar-refractivity contribution >= 4 is 12.7 Å². The summed E-state index contributed by atoms with van der Waals surface area (Å²) >= 11 is 0. The van der Waals surface area contributed by atoms with Gasteiger partial charge in [0, 0.05) is 12.0 Å². The van der Waals surface area contributed by atoms with Crippen molar-refractivity contribution in [3.63, 3.8) is 0 Å². The molecule has 2 aliphatic rings. The number of hydrogen-bond donors (Lipinski definition) is 0. The molecule has 2 fully saturated rings. The zero-order chi connectivity index (χ0) is 17.8. The summed E-state index contributed by atoms with van der Waals surface area (Å²) in [5.41, 5.74) is 0.757. The first-order valence-corrected chi connectivity index (χ1v) is 8.96. The number of nitrogens with zero attached hydrogens (tertiary/aromatic N) is 3. The number of rotatable bonds is 2. The van der Waals surface area contributed by atoms with E-state index in [1.54, 1.807) is 4.80 Å². The third-order valence-corrected chi connectivity index (χ3v) is 5.26. The zero-order valence-electron chi connectivity index (χ0n) is 16.0. The van der Waals surface area contributed by atoms with Crippen LogP contribution in [-0.2, 0) is 19.5 Å². The van der Waals surface area contributed by atoms with Crippen LogP contribution >= 0.6 is 0 Å². The number of ether oxygens (including phenoxy) is 1. The van der Waals surface area contributed by atoms with Crippen LogP contribution in [0.15, 0.2) is 0 Å². The lowest BCUT2D eigenvalue weighted by atomic mass is 9.76. The Bertz CT molecular complexity index is 585. The second kappa shape index (κ2) is 5.82. The quantitative estimate of drug-likeness (QED) is 0.778. The Kier molecular flexibility index (Phi) is 4.34. The molecule has 1 atom stereocenters. The fourth-order valence-corrected chi connectivity index (χ4v) is 3.02. The molecule has 0 aromatic carbocycles. The van der Waals surface area contributed by atoms with Crippen molar-refractivity contribution in [2.24, 2.45) is 0 Å². The van der Waals surface area contributed by atoms with E-state index in [4.69, 9.17) is 24.2 Å². The number of aromatic nitrogens is 3. The molecule has 1 aromatic rings. The van der Waals surface area contributed by atoms with E-state index in [-0.39, 0.29) is 11.6 Å². The van der Waals surface area contributed by atoms with Crippen molar-refractivity contribution in [3.8, 4) is 0 Å². The molecule has 7 heteroatoms. The Balaban J connectivity index is 1.96. The smallest absolute Gasteiger partial charge is 0.398 e. The van der Waals surface area contributed by atoms with Gasteiger partial charge in [0.1, 0.15) is 5.59 Å². The minimum absolute atomic E-state index is 0.0870. The fraction of sp³-hybridized carbons (Fsp3) is 0.882. The molecule has 0 N–H and O–H groups in total.